The fourth-order valence-corrected chi connectivity index (χ4v) is 1.49. The quantitative estimate of drug-likeness (QED) is 0.581. The van der Waals surface area contributed by atoms with Gasteiger partial charge in [-0.05, 0) is 52.5 Å². The van der Waals surface area contributed by atoms with E-state index < -0.39 is 0 Å². The zero-order chi connectivity index (χ0) is 7.23. The SMILES string of the molecule is CNCCCN1CCCC1. The van der Waals surface area contributed by atoms with Crippen molar-refractivity contribution >= 4 is 0 Å². The van der Waals surface area contributed by atoms with Crippen molar-refractivity contribution in [2.45, 2.75) is 19.3 Å². The van der Waals surface area contributed by atoms with Crippen LogP contribution in [0.2, 0.25) is 0 Å². The largest absolute Gasteiger partial charge is 0.320 e. The summed E-state index contributed by atoms with van der Waals surface area (Å²) in [5, 5.41) is 3.16. The van der Waals surface area contributed by atoms with Crippen LogP contribution in [0, 0.1) is 0 Å². The zero-order valence-electron chi connectivity index (χ0n) is 6.90. The molecule has 0 aliphatic carbocycles. The van der Waals surface area contributed by atoms with Gasteiger partial charge in [-0.15, -0.1) is 0 Å². The average molecular weight is 142 g/mol. The van der Waals surface area contributed by atoms with E-state index in [9.17, 15) is 0 Å². The van der Waals surface area contributed by atoms with Crippen molar-refractivity contribution in [1.29, 1.82) is 0 Å². The highest BCUT2D eigenvalue weighted by Crippen LogP contribution is 2.06. The molecule has 0 unspecified atom stereocenters. The van der Waals surface area contributed by atoms with Crippen LogP contribution in [0.3, 0.4) is 0 Å². The van der Waals surface area contributed by atoms with Crippen LogP contribution in [0.15, 0.2) is 0 Å². The number of hydrogen-bond donors (Lipinski definition) is 1. The molecule has 0 aromatic heterocycles. The third-order valence-electron chi connectivity index (χ3n) is 2.10. The lowest BCUT2D eigenvalue weighted by Gasteiger charge is -2.13. The topological polar surface area (TPSA) is 15.3 Å². The molecule has 0 radical (unpaired) electrons. The molecule has 0 saturated carbocycles. The molecule has 0 bridgehead atoms. The minimum atomic E-state index is 1.16. The normalized spacial score (nSPS) is 20.1. The van der Waals surface area contributed by atoms with Gasteiger partial charge in [-0.25, -0.2) is 0 Å². The molecular formula is C8H18N2. The Morgan fingerprint density at radius 2 is 2.00 bits per heavy atom. The Hall–Kier alpha value is -0.0800. The monoisotopic (exact) mass is 142 g/mol. The molecule has 0 aromatic carbocycles. The van der Waals surface area contributed by atoms with Crippen LogP contribution in [-0.4, -0.2) is 38.1 Å². The smallest absolute Gasteiger partial charge is 0.000664 e. The van der Waals surface area contributed by atoms with E-state index in [4.69, 9.17) is 0 Å². The first-order valence-electron chi connectivity index (χ1n) is 4.30. The summed E-state index contributed by atoms with van der Waals surface area (Å²) < 4.78 is 0. The van der Waals surface area contributed by atoms with Crippen molar-refractivity contribution in [3.05, 3.63) is 0 Å². The summed E-state index contributed by atoms with van der Waals surface area (Å²) in [7, 11) is 2.02. The van der Waals surface area contributed by atoms with Crippen molar-refractivity contribution in [1.82, 2.24) is 10.2 Å². The summed E-state index contributed by atoms with van der Waals surface area (Å²) in [6.45, 7) is 5.13. The van der Waals surface area contributed by atoms with Gasteiger partial charge in [0.25, 0.3) is 0 Å². The molecule has 2 nitrogen and oxygen atoms in total. The predicted octanol–water partition coefficient (Wildman–Crippen LogP) is 0.692. The van der Waals surface area contributed by atoms with E-state index in [1.54, 1.807) is 0 Å². The fourth-order valence-electron chi connectivity index (χ4n) is 1.49. The highest BCUT2D eigenvalue weighted by atomic mass is 15.1. The minimum Gasteiger partial charge on any atom is -0.320 e. The maximum Gasteiger partial charge on any atom is -0.000664 e. The van der Waals surface area contributed by atoms with Crippen molar-refractivity contribution < 1.29 is 0 Å². The predicted molar refractivity (Wildman–Crippen MR) is 44.2 cm³/mol. The van der Waals surface area contributed by atoms with Gasteiger partial charge in [-0.2, -0.15) is 0 Å². The Morgan fingerprint density at radius 1 is 1.30 bits per heavy atom. The highest BCUT2D eigenvalue weighted by Gasteiger charge is 2.09. The van der Waals surface area contributed by atoms with Crippen molar-refractivity contribution in [2.75, 3.05) is 33.2 Å². The number of likely N-dealkylation sites (tertiary alicyclic amines) is 1. The summed E-state index contributed by atoms with van der Waals surface area (Å²) in [5.41, 5.74) is 0. The number of nitrogens with one attached hydrogen (secondary N) is 1. The van der Waals surface area contributed by atoms with Crippen molar-refractivity contribution in [2.24, 2.45) is 0 Å². The molecule has 1 aliphatic rings. The van der Waals surface area contributed by atoms with Crippen LogP contribution in [0.5, 0.6) is 0 Å². The molecule has 60 valence electrons. The summed E-state index contributed by atoms with van der Waals surface area (Å²) >= 11 is 0. The van der Waals surface area contributed by atoms with Crippen molar-refractivity contribution in [3.8, 4) is 0 Å². The lowest BCUT2D eigenvalue weighted by Crippen LogP contribution is -2.23. The first-order valence-corrected chi connectivity index (χ1v) is 4.30. The Kier molecular flexibility index (Phi) is 3.76. The van der Waals surface area contributed by atoms with E-state index in [2.05, 4.69) is 10.2 Å². The lowest BCUT2D eigenvalue weighted by molar-refractivity contribution is 0.333. The second-order valence-corrected chi connectivity index (χ2v) is 3.01. The molecular weight excluding hydrogens is 124 g/mol. The Morgan fingerprint density at radius 3 is 2.60 bits per heavy atom. The average Bonchev–Trinajstić information content (AvgIpc) is 2.41. The maximum absolute atomic E-state index is 3.16. The van der Waals surface area contributed by atoms with Gasteiger partial charge in [0.1, 0.15) is 0 Å². The molecule has 10 heavy (non-hydrogen) atoms. The molecule has 2 heteroatoms. The Labute approximate surface area is 63.6 Å². The van der Waals surface area contributed by atoms with E-state index >= 15 is 0 Å². The van der Waals surface area contributed by atoms with E-state index in [1.807, 2.05) is 7.05 Å². The molecule has 1 heterocycles. The number of nitrogens with zero attached hydrogens (tertiary/aromatic N) is 1. The molecule has 1 fully saturated rings. The fraction of sp³-hybridized carbons (Fsp3) is 1.00. The van der Waals surface area contributed by atoms with Crippen molar-refractivity contribution in [3.63, 3.8) is 0 Å². The van der Waals surface area contributed by atoms with Crippen LogP contribution >= 0.6 is 0 Å². The number of rotatable bonds is 4. The minimum absolute atomic E-state index is 1.16. The van der Waals surface area contributed by atoms with Crippen LogP contribution in [0.4, 0.5) is 0 Å². The van der Waals surface area contributed by atoms with E-state index in [1.165, 1.54) is 38.9 Å². The van der Waals surface area contributed by atoms with Gasteiger partial charge >= 0.3 is 0 Å². The second-order valence-electron chi connectivity index (χ2n) is 3.01. The van der Waals surface area contributed by atoms with Crippen LogP contribution in [-0.2, 0) is 0 Å². The van der Waals surface area contributed by atoms with E-state index in [-0.39, 0.29) is 0 Å². The summed E-state index contributed by atoms with van der Waals surface area (Å²) in [6, 6.07) is 0. The molecule has 0 atom stereocenters. The van der Waals surface area contributed by atoms with Gasteiger partial charge in [-0.3, -0.25) is 0 Å². The van der Waals surface area contributed by atoms with Crippen LogP contribution in [0.1, 0.15) is 19.3 Å². The van der Waals surface area contributed by atoms with E-state index in [0.717, 1.165) is 6.54 Å². The first kappa shape index (κ1) is 8.02. The first-order chi connectivity index (χ1) is 4.93. The molecule has 0 amide bonds. The summed E-state index contributed by atoms with van der Waals surface area (Å²) in [4.78, 5) is 2.55. The molecule has 1 N–H and O–H groups in total. The molecule has 1 rings (SSSR count). The Bertz CT molecular complexity index is 77.3. The molecule has 0 spiro atoms. The summed E-state index contributed by atoms with van der Waals surface area (Å²) in [5.74, 6) is 0. The second kappa shape index (κ2) is 4.69. The highest BCUT2D eigenvalue weighted by molar-refractivity contribution is 4.65. The molecule has 1 aliphatic heterocycles. The lowest BCUT2D eigenvalue weighted by atomic mass is 10.4. The van der Waals surface area contributed by atoms with Gasteiger partial charge in [0.15, 0.2) is 0 Å². The number of hydrogen-bond acceptors (Lipinski definition) is 2. The molecule has 0 aromatic rings. The standard InChI is InChI=1S/C8H18N2/c1-9-5-4-8-10-6-2-3-7-10/h9H,2-8H2,1H3. The van der Waals surface area contributed by atoms with Gasteiger partial charge in [0, 0.05) is 0 Å². The van der Waals surface area contributed by atoms with Gasteiger partial charge in [-0.1, -0.05) is 0 Å². The van der Waals surface area contributed by atoms with Crippen LogP contribution < -0.4 is 5.32 Å². The van der Waals surface area contributed by atoms with Gasteiger partial charge in [0.05, 0.1) is 0 Å². The van der Waals surface area contributed by atoms with Gasteiger partial charge in [0.2, 0.25) is 0 Å². The summed E-state index contributed by atoms with van der Waals surface area (Å²) in [6.07, 6.45) is 4.13. The van der Waals surface area contributed by atoms with E-state index in [0.29, 0.717) is 0 Å². The van der Waals surface area contributed by atoms with Gasteiger partial charge < -0.3 is 10.2 Å². The van der Waals surface area contributed by atoms with Crippen LogP contribution in [0.25, 0.3) is 0 Å². The third-order valence-corrected chi connectivity index (χ3v) is 2.10. The maximum atomic E-state index is 3.16. The molecule has 1 saturated heterocycles. The Balaban J connectivity index is 1.91. The third kappa shape index (κ3) is 2.67. The zero-order valence-corrected chi connectivity index (χ0v) is 6.90.